The van der Waals surface area contributed by atoms with Crippen molar-refractivity contribution in [2.45, 2.75) is 6.54 Å². The van der Waals surface area contributed by atoms with Crippen molar-refractivity contribution >= 4 is 33.8 Å². The lowest BCUT2D eigenvalue weighted by molar-refractivity contribution is -0.384. The quantitative estimate of drug-likeness (QED) is 0.276. The van der Waals surface area contributed by atoms with E-state index in [1.54, 1.807) is 23.0 Å². The van der Waals surface area contributed by atoms with Gasteiger partial charge in [-0.2, -0.15) is 4.80 Å². The fourth-order valence-electron chi connectivity index (χ4n) is 2.64. The molecule has 0 saturated carbocycles. The van der Waals surface area contributed by atoms with Crippen molar-refractivity contribution in [2.24, 2.45) is 0 Å². The van der Waals surface area contributed by atoms with Crippen molar-refractivity contribution in [3.63, 3.8) is 0 Å². The van der Waals surface area contributed by atoms with E-state index in [0.717, 1.165) is 15.7 Å². The number of nitrogens with one attached hydrogen (secondary N) is 1. The van der Waals surface area contributed by atoms with Crippen LogP contribution < -0.4 is 0 Å². The van der Waals surface area contributed by atoms with Crippen LogP contribution in [0.15, 0.2) is 59.2 Å². The maximum atomic E-state index is 10.7. The molecule has 0 amide bonds. The molecular formula is C17H12BrN7O2S. The van der Waals surface area contributed by atoms with Crippen LogP contribution in [-0.2, 0) is 6.54 Å². The van der Waals surface area contributed by atoms with Crippen molar-refractivity contribution in [1.29, 1.82) is 0 Å². The Kier molecular flexibility index (Phi) is 4.84. The van der Waals surface area contributed by atoms with Crippen LogP contribution in [0.5, 0.6) is 0 Å². The first-order chi connectivity index (χ1) is 13.5. The van der Waals surface area contributed by atoms with Crippen LogP contribution in [0.25, 0.3) is 17.1 Å². The van der Waals surface area contributed by atoms with E-state index in [9.17, 15) is 10.1 Å². The zero-order valence-corrected chi connectivity index (χ0v) is 16.6. The number of nitro benzene ring substituents is 1. The van der Waals surface area contributed by atoms with Crippen LogP contribution in [0.4, 0.5) is 5.69 Å². The van der Waals surface area contributed by atoms with Gasteiger partial charge in [0.15, 0.2) is 0 Å². The fraction of sp³-hybridized carbons (Fsp3) is 0.0588. The predicted octanol–water partition coefficient (Wildman–Crippen LogP) is 3.91. The van der Waals surface area contributed by atoms with Gasteiger partial charge in [-0.1, -0.05) is 46.3 Å². The molecule has 0 aliphatic carbocycles. The molecule has 140 valence electrons. The number of aromatic nitrogens is 6. The number of nitrogens with zero attached hydrogens (tertiary/aromatic N) is 6. The van der Waals surface area contributed by atoms with E-state index in [1.165, 1.54) is 16.9 Å². The fourth-order valence-corrected chi connectivity index (χ4v) is 3.34. The first-order valence-electron chi connectivity index (χ1n) is 8.09. The van der Waals surface area contributed by atoms with Crippen molar-refractivity contribution in [3.8, 4) is 17.1 Å². The van der Waals surface area contributed by atoms with Gasteiger partial charge in [0.1, 0.15) is 4.64 Å². The summed E-state index contributed by atoms with van der Waals surface area (Å²) in [6.07, 6.45) is 1.73. The highest BCUT2D eigenvalue weighted by atomic mass is 79.9. The number of hydrogen-bond acceptors (Lipinski definition) is 6. The average molecular weight is 458 g/mol. The third-order valence-corrected chi connectivity index (χ3v) is 4.90. The zero-order chi connectivity index (χ0) is 19.7. The topological polar surface area (TPSA) is 107 Å². The van der Waals surface area contributed by atoms with E-state index >= 15 is 0 Å². The number of nitro groups is 1. The van der Waals surface area contributed by atoms with E-state index in [2.05, 4.69) is 36.4 Å². The molecule has 11 heteroatoms. The summed E-state index contributed by atoms with van der Waals surface area (Å²) >= 11 is 8.99. The monoisotopic (exact) mass is 457 g/mol. The van der Waals surface area contributed by atoms with E-state index in [1.807, 2.05) is 24.3 Å². The van der Waals surface area contributed by atoms with Gasteiger partial charge >= 0.3 is 0 Å². The lowest BCUT2D eigenvalue weighted by Crippen LogP contribution is -2.04. The number of benzene rings is 2. The van der Waals surface area contributed by atoms with E-state index in [-0.39, 0.29) is 5.69 Å². The number of aromatic amines is 1. The maximum Gasteiger partial charge on any atom is 0.269 e. The van der Waals surface area contributed by atoms with Gasteiger partial charge in [0, 0.05) is 22.8 Å². The first-order valence-corrected chi connectivity index (χ1v) is 9.29. The minimum absolute atomic E-state index is 0.0381. The number of rotatable bonds is 5. The second-order valence-corrected chi connectivity index (χ2v) is 7.18. The van der Waals surface area contributed by atoms with Crippen LogP contribution in [0.1, 0.15) is 5.56 Å². The summed E-state index contributed by atoms with van der Waals surface area (Å²) in [4.78, 5) is 11.7. The van der Waals surface area contributed by atoms with Gasteiger partial charge in [-0.15, -0.1) is 10.2 Å². The lowest BCUT2D eigenvalue weighted by atomic mass is 10.2. The molecule has 0 atom stereocenters. The Labute approximate surface area is 171 Å². The summed E-state index contributed by atoms with van der Waals surface area (Å²) in [5.41, 5.74) is 2.40. The van der Waals surface area contributed by atoms with E-state index in [4.69, 9.17) is 12.2 Å². The van der Waals surface area contributed by atoms with Crippen molar-refractivity contribution in [3.05, 3.63) is 79.5 Å². The summed E-state index contributed by atoms with van der Waals surface area (Å²) in [7, 11) is 0. The molecule has 0 aliphatic rings. The largest absolute Gasteiger partial charge is 0.299 e. The van der Waals surface area contributed by atoms with Gasteiger partial charge in [-0.3, -0.25) is 15.2 Å². The normalized spacial score (nSPS) is 10.9. The zero-order valence-electron chi connectivity index (χ0n) is 14.2. The summed E-state index contributed by atoms with van der Waals surface area (Å²) in [5, 5.41) is 26.3. The molecule has 0 radical (unpaired) electrons. The minimum Gasteiger partial charge on any atom is -0.299 e. The van der Waals surface area contributed by atoms with Gasteiger partial charge in [-0.05, 0) is 29.0 Å². The minimum atomic E-state index is -0.437. The molecule has 28 heavy (non-hydrogen) atoms. The average Bonchev–Trinajstić information content (AvgIpc) is 3.28. The molecular weight excluding hydrogens is 446 g/mol. The Morgan fingerprint density at radius 3 is 2.71 bits per heavy atom. The molecule has 0 fully saturated rings. The Morgan fingerprint density at radius 2 is 2.00 bits per heavy atom. The molecule has 9 nitrogen and oxygen atoms in total. The van der Waals surface area contributed by atoms with Crippen molar-refractivity contribution in [1.82, 2.24) is 30.0 Å². The third kappa shape index (κ3) is 3.62. The molecule has 0 bridgehead atoms. The molecule has 0 unspecified atom stereocenters. The molecule has 0 aliphatic heterocycles. The van der Waals surface area contributed by atoms with Crippen LogP contribution in [0.3, 0.4) is 0 Å². The third-order valence-electron chi connectivity index (χ3n) is 4.00. The number of halogens is 1. The molecule has 2 aromatic carbocycles. The highest BCUT2D eigenvalue weighted by Gasteiger charge is 2.13. The summed E-state index contributed by atoms with van der Waals surface area (Å²) in [5.74, 6) is 0.400. The van der Waals surface area contributed by atoms with Gasteiger partial charge in [0.2, 0.25) is 5.82 Å². The molecule has 4 rings (SSSR count). The SMILES string of the molecule is O=[N+]([O-])c1ccc(Cn2nnc(-c3c[nH]n(-c4cccc(Br)c4)c3=S)n2)cc1. The smallest absolute Gasteiger partial charge is 0.269 e. The van der Waals surface area contributed by atoms with Gasteiger partial charge in [-0.25, -0.2) is 4.68 Å². The Balaban J connectivity index is 1.58. The number of tetrazole rings is 1. The van der Waals surface area contributed by atoms with Gasteiger partial charge in [0.05, 0.1) is 22.7 Å². The molecule has 4 aromatic rings. The number of hydrogen-bond donors (Lipinski definition) is 1. The molecule has 0 spiro atoms. The van der Waals surface area contributed by atoms with E-state index < -0.39 is 4.92 Å². The van der Waals surface area contributed by atoms with E-state index in [0.29, 0.717) is 22.6 Å². The summed E-state index contributed by atoms with van der Waals surface area (Å²) < 4.78 is 3.23. The maximum absolute atomic E-state index is 10.7. The highest BCUT2D eigenvalue weighted by molar-refractivity contribution is 9.10. The standard InChI is InChI=1S/C17H12BrN7O2S/c18-12-2-1-3-14(8-12)24-17(28)15(9-19-24)16-20-22-23(21-16)10-11-4-6-13(7-5-11)25(26)27/h1-9,19H,10H2. The Morgan fingerprint density at radius 1 is 1.21 bits per heavy atom. The molecule has 1 N–H and O–H groups in total. The number of H-pyrrole nitrogens is 1. The van der Waals surface area contributed by atoms with Crippen molar-refractivity contribution in [2.75, 3.05) is 0 Å². The second-order valence-electron chi connectivity index (χ2n) is 5.87. The van der Waals surface area contributed by atoms with Gasteiger partial charge < -0.3 is 0 Å². The van der Waals surface area contributed by atoms with Crippen LogP contribution in [0.2, 0.25) is 0 Å². The van der Waals surface area contributed by atoms with Crippen molar-refractivity contribution < 1.29 is 4.92 Å². The van der Waals surface area contributed by atoms with Gasteiger partial charge in [0.25, 0.3) is 5.69 Å². The predicted molar refractivity (Wildman–Crippen MR) is 108 cm³/mol. The van der Waals surface area contributed by atoms with Crippen LogP contribution >= 0.6 is 28.1 Å². The van der Waals surface area contributed by atoms with Crippen LogP contribution in [-0.4, -0.2) is 34.9 Å². The molecule has 0 saturated heterocycles. The lowest BCUT2D eigenvalue weighted by Gasteiger charge is -2.02. The molecule has 2 aromatic heterocycles. The molecule has 2 heterocycles. The first kappa shape index (κ1) is 18.2. The number of non-ortho nitro benzene ring substituents is 1. The Hall–Kier alpha value is -3.18. The Bertz CT molecular complexity index is 1210. The summed E-state index contributed by atoms with van der Waals surface area (Å²) in [6.45, 7) is 0.341. The second kappa shape index (κ2) is 7.44. The summed E-state index contributed by atoms with van der Waals surface area (Å²) in [6, 6.07) is 13.9. The highest BCUT2D eigenvalue weighted by Crippen LogP contribution is 2.21. The van der Waals surface area contributed by atoms with Crippen LogP contribution in [0, 0.1) is 14.8 Å².